The standard InChI is InChI=1S/C12H20O4/c1-13-7-9-15-11-5-3-4-6-12(11)16-10-8-14-2/h3,5H,4,6-10H2,1-2H3. The molecule has 0 N–H and O–H groups in total. The lowest BCUT2D eigenvalue weighted by molar-refractivity contribution is 0.0802. The molecule has 0 spiro atoms. The van der Waals surface area contributed by atoms with Gasteiger partial charge in [-0.2, -0.15) is 0 Å². The molecule has 0 aromatic rings. The molecule has 0 heterocycles. The molecular weight excluding hydrogens is 208 g/mol. The molecule has 0 radical (unpaired) electrons. The molecule has 4 nitrogen and oxygen atoms in total. The molecular formula is C12H20O4. The van der Waals surface area contributed by atoms with E-state index in [1.165, 1.54) is 0 Å². The number of ether oxygens (including phenoxy) is 4. The van der Waals surface area contributed by atoms with Crippen molar-refractivity contribution in [2.24, 2.45) is 0 Å². The Kier molecular flexibility index (Phi) is 6.69. The maximum absolute atomic E-state index is 5.60. The molecule has 0 saturated heterocycles. The van der Waals surface area contributed by atoms with E-state index in [9.17, 15) is 0 Å². The van der Waals surface area contributed by atoms with Crippen LogP contribution in [0.3, 0.4) is 0 Å². The molecule has 0 aromatic carbocycles. The first-order valence-corrected chi connectivity index (χ1v) is 5.51. The van der Waals surface area contributed by atoms with Gasteiger partial charge in [0, 0.05) is 20.6 Å². The molecule has 0 unspecified atom stereocenters. The van der Waals surface area contributed by atoms with Crippen LogP contribution in [0.5, 0.6) is 0 Å². The first kappa shape index (κ1) is 13.1. The van der Waals surface area contributed by atoms with Gasteiger partial charge in [0.15, 0.2) is 5.76 Å². The molecule has 0 amide bonds. The normalized spacial score (nSPS) is 15.4. The molecule has 0 aromatic heterocycles. The average molecular weight is 228 g/mol. The molecule has 16 heavy (non-hydrogen) atoms. The van der Waals surface area contributed by atoms with Crippen LogP contribution in [0.4, 0.5) is 0 Å². The smallest absolute Gasteiger partial charge is 0.156 e. The van der Waals surface area contributed by atoms with Crippen molar-refractivity contribution >= 4 is 0 Å². The van der Waals surface area contributed by atoms with Crippen molar-refractivity contribution < 1.29 is 18.9 Å². The van der Waals surface area contributed by atoms with E-state index in [1.54, 1.807) is 14.2 Å². The van der Waals surface area contributed by atoms with Gasteiger partial charge in [-0.05, 0) is 12.5 Å². The largest absolute Gasteiger partial charge is 0.492 e. The van der Waals surface area contributed by atoms with Gasteiger partial charge in [-0.25, -0.2) is 0 Å². The van der Waals surface area contributed by atoms with Crippen LogP contribution in [-0.4, -0.2) is 40.6 Å². The monoisotopic (exact) mass is 228 g/mol. The van der Waals surface area contributed by atoms with Crippen molar-refractivity contribution in [2.75, 3.05) is 40.6 Å². The van der Waals surface area contributed by atoms with Crippen molar-refractivity contribution in [1.29, 1.82) is 0 Å². The zero-order valence-electron chi connectivity index (χ0n) is 10.0. The van der Waals surface area contributed by atoms with E-state index < -0.39 is 0 Å². The molecule has 0 atom stereocenters. The Labute approximate surface area is 96.8 Å². The summed E-state index contributed by atoms with van der Waals surface area (Å²) in [5, 5.41) is 0. The third-order valence-corrected chi connectivity index (χ3v) is 2.19. The molecule has 0 aliphatic heterocycles. The first-order valence-electron chi connectivity index (χ1n) is 5.51. The fraction of sp³-hybridized carbons (Fsp3) is 0.667. The Morgan fingerprint density at radius 3 is 2.38 bits per heavy atom. The van der Waals surface area contributed by atoms with Crippen molar-refractivity contribution in [3.05, 3.63) is 23.7 Å². The van der Waals surface area contributed by atoms with Crippen molar-refractivity contribution in [2.45, 2.75) is 12.8 Å². The zero-order chi connectivity index (χ0) is 11.6. The van der Waals surface area contributed by atoms with Gasteiger partial charge < -0.3 is 18.9 Å². The van der Waals surface area contributed by atoms with Gasteiger partial charge in [-0.15, -0.1) is 0 Å². The third kappa shape index (κ3) is 4.68. The van der Waals surface area contributed by atoms with Crippen LogP contribution < -0.4 is 0 Å². The number of allylic oxidation sites excluding steroid dienone is 3. The lowest BCUT2D eigenvalue weighted by Gasteiger charge is -2.17. The molecule has 1 rings (SSSR count). The summed E-state index contributed by atoms with van der Waals surface area (Å²) in [6.07, 6.45) is 5.94. The Balaban J connectivity index is 2.40. The molecule has 1 aliphatic rings. The summed E-state index contributed by atoms with van der Waals surface area (Å²) in [6.45, 7) is 2.30. The van der Waals surface area contributed by atoms with Crippen LogP contribution in [0.1, 0.15) is 12.8 Å². The summed E-state index contributed by atoms with van der Waals surface area (Å²) < 4.78 is 21.0. The summed E-state index contributed by atoms with van der Waals surface area (Å²) in [7, 11) is 3.32. The highest BCUT2D eigenvalue weighted by Gasteiger charge is 2.10. The van der Waals surface area contributed by atoms with E-state index >= 15 is 0 Å². The van der Waals surface area contributed by atoms with Crippen LogP contribution in [-0.2, 0) is 18.9 Å². The SMILES string of the molecule is COCCOC1=C(OCCOC)CCC=C1. The second kappa shape index (κ2) is 8.19. The van der Waals surface area contributed by atoms with Crippen molar-refractivity contribution in [3.63, 3.8) is 0 Å². The highest BCUT2D eigenvalue weighted by molar-refractivity contribution is 5.20. The van der Waals surface area contributed by atoms with E-state index in [0.29, 0.717) is 26.4 Å². The molecule has 1 aliphatic carbocycles. The summed E-state index contributed by atoms with van der Waals surface area (Å²) in [5.41, 5.74) is 0. The van der Waals surface area contributed by atoms with Gasteiger partial charge >= 0.3 is 0 Å². The lowest BCUT2D eigenvalue weighted by atomic mass is 10.1. The van der Waals surface area contributed by atoms with Crippen LogP contribution in [0, 0.1) is 0 Å². The van der Waals surface area contributed by atoms with Crippen LogP contribution in [0.25, 0.3) is 0 Å². The molecule has 0 bridgehead atoms. The van der Waals surface area contributed by atoms with E-state index in [4.69, 9.17) is 18.9 Å². The summed E-state index contributed by atoms with van der Waals surface area (Å²) >= 11 is 0. The number of rotatable bonds is 8. The van der Waals surface area contributed by atoms with Crippen LogP contribution in [0.15, 0.2) is 23.7 Å². The Morgan fingerprint density at radius 1 is 1.00 bits per heavy atom. The highest BCUT2D eigenvalue weighted by Crippen LogP contribution is 2.20. The topological polar surface area (TPSA) is 36.9 Å². The van der Waals surface area contributed by atoms with Crippen molar-refractivity contribution in [1.82, 2.24) is 0 Å². The first-order chi connectivity index (χ1) is 7.88. The third-order valence-electron chi connectivity index (χ3n) is 2.19. The molecule has 0 saturated carbocycles. The minimum Gasteiger partial charge on any atom is -0.492 e. The Bertz CT molecular complexity index is 245. The number of methoxy groups -OCH3 is 2. The van der Waals surface area contributed by atoms with Gasteiger partial charge in [0.2, 0.25) is 0 Å². The molecule has 4 heteroatoms. The second-order valence-corrected chi connectivity index (χ2v) is 3.41. The minimum atomic E-state index is 0.549. The van der Waals surface area contributed by atoms with Gasteiger partial charge in [0.25, 0.3) is 0 Å². The van der Waals surface area contributed by atoms with Gasteiger partial charge in [0.05, 0.1) is 13.2 Å². The lowest BCUT2D eigenvalue weighted by Crippen LogP contribution is -2.09. The Hall–Kier alpha value is -1.00. The van der Waals surface area contributed by atoms with E-state index in [1.807, 2.05) is 6.08 Å². The average Bonchev–Trinajstić information content (AvgIpc) is 2.32. The van der Waals surface area contributed by atoms with Crippen LogP contribution in [0.2, 0.25) is 0 Å². The molecule has 92 valence electrons. The summed E-state index contributed by atoms with van der Waals surface area (Å²) in [4.78, 5) is 0. The fourth-order valence-corrected chi connectivity index (χ4v) is 1.38. The van der Waals surface area contributed by atoms with Crippen LogP contribution >= 0.6 is 0 Å². The predicted molar refractivity (Wildman–Crippen MR) is 61.1 cm³/mol. The van der Waals surface area contributed by atoms with E-state index in [0.717, 1.165) is 24.4 Å². The predicted octanol–water partition coefficient (Wildman–Crippen LogP) is 1.87. The maximum Gasteiger partial charge on any atom is 0.156 e. The van der Waals surface area contributed by atoms with Crippen molar-refractivity contribution in [3.8, 4) is 0 Å². The number of hydrogen-bond acceptors (Lipinski definition) is 4. The van der Waals surface area contributed by atoms with E-state index in [-0.39, 0.29) is 0 Å². The fourth-order valence-electron chi connectivity index (χ4n) is 1.38. The van der Waals surface area contributed by atoms with E-state index in [2.05, 4.69) is 6.08 Å². The van der Waals surface area contributed by atoms with Gasteiger partial charge in [0.1, 0.15) is 19.0 Å². The highest BCUT2D eigenvalue weighted by atomic mass is 16.5. The van der Waals surface area contributed by atoms with Gasteiger partial charge in [-0.3, -0.25) is 0 Å². The second-order valence-electron chi connectivity index (χ2n) is 3.41. The van der Waals surface area contributed by atoms with Gasteiger partial charge in [-0.1, -0.05) is 6.08 Å². The Morgan fingerprint density at radius 2 is 1.69 bits per heavy atom. The molecule has 0 fully saturated rings. The zero-order valence-corrected chi connectivity index (χ0v) is 10.0. The quantitative estimate of drug-likeness (QED) is 0.594. The maximum atomic E-state index is 5.60. The summed E-state index contributed by atoms with van der Waals surface area (Å²) in [5.74, 6) is 1.73. The summed E-state index contributed by atoms with van der Waals surface area (Å²) in [6, 6.07) is 0. The number of hydrogen-bond donors (Lipinski definition) is 0. The minimum absolute atomic E-state index is 0.549.